The quantitative estimate of drug-likeness (QED) is 0.111. The van der Waals surface area contributed by atoms with Crippen LogP contribution in [0.4, 0.5) is 0 Å². The van der Waals surface area contributed by atoms with E-state index in [9.17, 15) is 90.0 Å². The van der Waals surface area contributed by atoms with Crippen molar-refractivity contribution in [1.82, 2.24) is 0 Å². The number of hydrogen-bond acceptors (Lipinski definition) is 24. The van der Waals surface area contributed by atoms with Gasteiger partial charge >= 0.3 is 66.1 Å². The van der Waals surface area contributed by atoms with Gasteiger partial charge in [-0.1, -0.05) is 0 Å². The lowest BCUT2D eigenvalue weighted by atomic mass is 10.0. The molecule has 2 saturated heterocycles. The number of carbonyl (C=O) groups is 6. The summed E-state index contributed by atoms with van der Waals surface area (Å²) in [6, 6.07) is 0. The van der Waals surface area contributed by atoms with Crippen molar-refractivity contribution in [2.45, 2.75) is 73.2 Å². The molecule has 0 aromatic rings. The Morgan fingerprint density at radius 3 is 0.909 bits per heavy atom. The summed E-state index contributed by atoms with van der Waals surface area (Å²) in [4.78, 5) is 71.9. The van der Waals surface area contributed by atoms with Gasteiger partial charge in [0.05, 0.1) is 0 Å². The largest absolute Gasteiger partial charge is 1.20 e. The molecule has 2 fully saturated rings. The maximum Gasteiger partial charge on any atom is 1.20 e. The molecule has 0 radical (unpaired) electrons. The highest BCUT2D eigenvalue weighted by molar-refractivity contribution is 6.45. The molecule has 26 heteroatoms. The van der Waals surface area contributed by atoms with Crippen LogP contribution >= 0.6 is 0 Å². The lowest BCUT2D eigenvalue weighted by Gasteiger charge is -2.26. The molecule has 0 saturated carbocycles. The van der Waals surface area contributed by atoms with Crippen LogP contribution in [0.15, 0.2) is 0 Å². The molecule has 2 rings (SSSR count). The highest BCUT2D eigenvalue weighted by atomic mass is 27.3. The highest BCUT2D eigenvalue weighted by Crippen LogP contribution is 2.16. The van der Waals surface area contributed by atoms with E-state index in [0.29, 0.717) is 0 Å². The van der Waals surface area contributed by atoms with Gasteiger partial charge in [-0.05, 0) is 0 Å². The molecule has 0 spiro atoms. The van der Waals surface area contributed by atoms with E-state index in [1.165, 1.54) is 0 Å². The molecule has 0 aromatic heterocycles. The summed E-state index contributed by atoms with van der Waals surface area (Å²) in [6.07, 6.45) is -32.2. The number of hydrogen-bond donors (Lipinski definition) is 12. The fourth-order valence-corrected chi connectivity index (χ4v) is 5.35. The predicted octanol–water partition coefficient (Wildman–Crippen LogP) is -11.4. The standard InChI is InChI=1S/3C6H10O8.2Al/c3*7-1(3(9)5(11)12)2(8)4(10)6(13)14;;/h3*1-4,7-10H,(H,11,12)(H,13,14);;/q;;;2*+3/p-6/t1-,2+,3+,4-;2*1-,2-,3-,4-;;/m.10../s1. The average molecular weight is 678 g/mol. The molecular formula is C18H24Al2O24. The fourth-order valence-electron chi connectivity index (χ4n) is 3.09. The summed E-state index contributed by atoms with van der Waals surface area (Å²) in [7, 11) is 0. The number of aliphatic hydroxyl groups is 12. The third-order valence-corrected chi connectivity index (χ3v) is 8.26. The summed E-state index contributed by atoms with van der Waals surface area (Å²) >= 11 is -9.08. The van der Waals surface area contributed by atoms with Crippen LogP contribution in [0.25, 0.3) is 0 Å². The van der Waals surface area contributed by atoms with E-state index in [1.807, 2.05) is 0 Å². The topological polar surface area (TPSA) is 401 Å². The van der Waals surface area contributed by atoms with Crippen molar-refractivity contribution in [3.8, 4) is 0 Å². The first-order valence-corrected chi connectivity index (χ1v) is 14.5. The van der Waals surface area contributed by atoms with Gasteiger partial charge in [0, 0.05) is 0 Å². The molecule has 0 bridgehead atoms. The van der Waals surface area contributed by atoms with E-state index < -0.39 is 139 Å². The molecule has 2 aliphatic rings. The zero-order chi connectivity index (χ0) is 33.8. The summed E-state index contributed by atoms with van der Waals surface area (Å²) < 4.78 is 26.3. The van der Waals surface area contributed by atoms with Crippen LogP contribution in [0.1, 0.15) is 0 Å². The summed E-state index contributed by atoms with van der Waals surface area (Å²) in [5.41, 5.74) is 0. The summed E-state index contributed by atoms with van der Waals surface area (Å²) in [6.45, 7) is 0. The van der Waals surface area contributed by atoms with Gasteiger partial charge in [0.25, 0.3) is 0 Å². The summed E-state index contributed by atoms with van der Waals surface area (Å²) in [5, 5.41) is 117. The van der Waals surface area contributed by atoms with Crippen molar-refractivity contribution < 1.29 is 113 Å². The second-order valence-corrected chi connectivity index (χ2v) is 11.4. The first-order valence-electron chi connectivity index (χ1n) is 11.7. The lowest BCUT2D eigenvalue weighted by molar-refractivity contribution is -0.176. The van der Waals surface area contributed by atoms with Crippen LogP contribution in [0.2, 0.25) is 0 Å². The molecule has 24 nitrogen and oxygen atoms in total. The first-order chi connectivity index (χ1) is 20.3. The number of aliphatic hydroxyl groups excluding tert-OH is 12. The van der Waals surface area contributed by atoms with Gasteiger partial charge < -0.3 is 84.0 Å². The minimum absolute atomic E-state index is 1.85. The van der Waals surface area contributed by atoms with Gasteiger partial charge in [-0.15, -0.1) is 0 Å². The predicted molar refractivity (Wildman–Crippen MR) is 120 cm³/mol. The van der Waals surface area contributed by atoms with Crippen molar-refractivity contribution in [3.05, 3.63) is 0 Å². The molecule has 2 heterocycles. The van der Waals surface area contributed by atoms with Crippen molar-refractivity contribution in [2.24, 2.45) is 0 Å². The SMILES string of the molecule is O=C([O][Al]1[O]C(=O)[C@@H](O)[C@@H](O)[C@H](O)[C@H](O)C(=O)[O]1)[C@@H](O)[C@H](O)[C@H](O)[C@@H](O)C(=O)[O][Al]1[O]C(=O)[C@H](O)[C@H](O)[C@@H](O)[C@@H](O)C(=O)[O]1. The molecule has 44 heavy (non-hydrogen) atoms. The van der Waals surface area contributed by atoms with E-state index in [4.69, 9.17) is 0 Å². The maximum atomic E-state index is 12.2. The second kappa shape index (κ2) is 15.6. The molecule has 0 unspecified atom stereocenters. The Bertz CT molecular complexity index is 963. The van der Waals surface area contributed by atoms with Gasteiger partial charge in [0.15, 0.2) is 36.6 Å². The fraction of sp³-hybridized carbons (Fsp3) is 0.667. The molecule has 0 amide bonds. The zero-order valence-corrected chi connectivity index (χ0v) is 23.7. The third kappa shape index (κ3) is 8.77. The number of rotatable bonds is 7. The lowest BCUT2D eigenvalue weighted by Crippen LogP contribution is -2.53. The van der Waals surface area contributed by atoms with Crippen molar-refractivity contribution >= 4 is 66.1 Å². The van der Waals surface area contributed by atoms with Gasteiger partial charge in [-0.3, -0.25) is 28.8 Å². The monoisotopic (exact) mass is 678 g/mol. The first kappa shape index (κ1) is 37.6. The maximum absolute atomic E-state index is 12.2. The van der Waals surface area contributed by atoms with Crippen LogP contribution in [0, 0.1) is 0 Å². The van der Waals surface area contributed by atoms with Crippen LogP contribution < -0.4 is 0 Å². The molecule has 12 atom stereocenters. The smallest absolute Gasteiger partial charge is 0.549 e. The van der Waals surface area contributed by atoms with Gasteiger partial charge in [0.2, 0.25) is 0 Å². The Hall–Kier alpha value is -2.60. The molecule has 246 valence electrons. The Kier molecular flexibility index (Phi) is 13.3. The van der Waals surface area contributed by atoms with Crippen LogP contribution in [0.3, 0.4) is 0 Å². The molecular weight excluding hydrogens is 654 g/mol. The molecule has 0 aliphatic carbocycles. The minimum Gasteiger partial charge on any atom is -0.549 e. The Balaban J connectivity index is 2.09. The summed E-state index contributed by atoms with van der Waals surface area (Å²) in [5.74, 6) is -11.6. The van der Waals surface area contributed by atoms with Crippen LogP contribution in [0.5, 0.6) is 0 Å². The van der Waals surface area contributed by atoms with E-state index in [0.717, 1.165) is 0 Å². The Labute approximate surface area is 252 Å². The normalized spacial score (nSPS) is 33.2. The minimum atomic E-state index is -4.54. The van der Waals surface area contributed by atoms with E-state index in [2.05, 4.69) is 22.7 Å². The molecule has 0 aromatic carbocycles. The Morgan fingerprint density at radius 2 is 0.705 bits per heavy atom. The van der Waals surface area contributed by atoms with Gasteiger partial charge in [-0.2, -0.15) is 0 Å². The van der Waals surface area contributed by atoms with E-state index in [1.54, 1.807) is 0 Å². The second-order valence-electron chi connectivity index (χ2n) is 8.81. The highest BCUT2D eigenvalue weighted by Gasteiger charge is 2.57. The van der Waals surface area contributed by atoms with Crippen molar-refractivity contribution in [2.75, 3.05) is 0 Å². The van der Waals surface area contributed by atoms with Gasteiger partial charge in [0.1, 0.15) is 36.6 Å². The van der Waals surface area contributed by atoms with E-state index >= 15 is 0 Å². The molecule has 2 aliphatic heterocycles. The van der Waals surface area contributed by atoms with Crippen LogP contribution in [-0.2, 0) is 51.5 Å². The zero-order valence-electron chi connectivity index (χ0n) is 21.3. The van der Waals surface area contributed by atoms with Crippen molar-refractivity contribution in [3.63, 3.8) is 0 Å². The van der Waals surface area contributed by atoms with E-state index in [-0.39, 0.29) is 0 Å². The number of carbonyl (C=O) groups excluding carboxylic acids is 6. The van der Waals surface area contributed by atoms with Crippen molar-refractivity contribution in [1.29, 1.82) is 0 Å². The third-order valence-electron chi connectivity index (χ3n) is 5.71. The molecule has 12 N–H and O–H groups in total. The van der Waals surface area contributed by atoms with Crippen LogP contribution in [-0.4, -0.2) is 201 Å². The van der Waals surface area contributed by atoms with Gasteiger partial charge in [-0.25, -0.2) is 0 Å². The Morgan fingerprint density at radius 1 is 0.500 bits per heavy atom. The average Bonchev–Trinajstić information content (AvgIpc) is 3.02.